The maximum Gasteiger partial charge on any atom is 0.410 e. The first-order valence-corrected chi connectivity index (χ1v) is 5.81. The van der Waals surface area contributed by atoms with Crippen LogP contribution in [-0.4, -0.2) is 35.8 Å². The molecule has 2 saturated heterocycles. The summed E-state index contributed by atoms with van der Waals surface area (Å²) in [7, 11) is 0. The number of hydrogen-bond donors (Lipinski definition) is 0. The SMILES string of the molecule is C[C@]12CN(C(=O)OCc3ccccc3)C[C@H]1O2. The minimum Gasteiger partial charge on any atom is -0.445 e. The van der Waals surface area contributed by atoms with Crippen molar-refractivity contribution in [3.63, 3.8) is 0 Å². The molecular weight excluding hydrogens is 218 g/mol. The lowest BCUT2D eigenvalue weighted by molar-refractivity contribution is 0.0839. The summed E-state index contributed by atoms with van der Waals surface area (Å²) in [6.07, 6.45) is -0.0300. The van der Waals surface area contributed by atoms with E-state index in [9.17, 15) is 4.79 Å². The van der Waals surface area contributed by atoms with E-state index in [4.69, 9.17) is 9.47 Å². The van der Waals surface area contributed by atoms with Crippen molar-refractivity contribution in [3.05, 3.63) is 35.9 Å². The summed E-state index contributed by atoms with van der Waals surface area (Å²) in [5.74, 6) is 0. The highest BCUT2D eigenvalue weighted by molar-refractivity contribution is 5.68. The van der Waals surface area contributed by atoms with Gasteiger partial charge in [-0.2, -0.15) is 0 Å². The van der Waals surface area contributed by atoms with Crippen LogP contribution in [0.1, 0.15) is 12.5 Å². The number of ether oxygens (including phenoxy) is 2. The van der Waals surface area contributed by atoms with Gasteiger partial charge in [-0.15, -0.1) is 0 Å². The van der Waals surface area contributed by atoms with Gasteiger partial charge in [0.15, 0.2) is 0 Å². The zero-order valence-corrected chi connectivity index (χ0v) is 9.76. The van der Waals surface area contributed by atoms with E-state index in [0.717, 1.165) is 5.56 Å². The Morgan fingerprint density at radius 3 is 2.94 bits per heavy atom. The van der Waals surface area contributed by atoms with Crippen LogP contribution in [0.4, 0.5) is 4.79 Å². The van der Waals surface area contributed by atoms with Gasteiger partial charge in [0.2, 0.25) is 0 Å². The third kappa shape index (κ3) is 2.00. The number of rotatable bonds is 2. The minimum atomic E-state index is -0.245. The fraction of sp³-hybridized carbons (Fsp3) is 0.462. The van der Waals surface area contributed by atoms with E-state index in [2.05, 4.69) is 0 Å². The van der Waals surface area contributed by atoms with Crippen LogP contribution in [-0.2, 0) is 16.1 Å². The third-order valence-electron chi connectivity index (χ3n) is 3.39. The maximum absolute atomic E-state index is 11.8. The molecule has 2 aliphatic rings. The van der Waals surface area contributed by atoms with Crippen molar-refractivity contribution in [1.82, 2.24) is 4.90 Å². The van der Waals surface area contributed by atoms with Crippen LogP contribution in [0.3, 0.4) is 0 Å². The van der Waals surface area contributed by atoms with Crippen molar-refractivity contribution in [2.45, 2.75) is 25.2 Å². The van der Waals surface area contributed by atoms with Gasteiger partial charge in [-0.1, -0.05) is 30.3 Å². The Kier molecular flexibility index (Phi) is 2.33. The molecule has 3 rings (SSSR count). The van der Waals surface area contributed by atoms with Crippen LogP contribution in [0.15, 0.2) is 30.3 Å². The van der Waals surface area contributed by atoms with E-state index < -0.39 is 0 Å². The van der Waals surface area contributed by atoms with Crippen LogP contribution in [0, 0.1) is 0 Å². The van der Waals surface area contributed by atoms with Crippen LogP contribution >= 0.6 is 0 Å². The number of amides is 1. The van der Waals surface area contributed by atoms with Gasteiger partial charge in [-0.05, 0) is 12.5 Å². The molecule has 0 aliphatic carbocycles. The molecule has 0 aromatic heterocycles. The fourth-order valence-electron chi connectivity index (χ4n) is 2.25. The Labute approximate surface area is 100 Å². The molecule has 2 fully saturated rings. The summed E-state index contributed by atoms with van der Waals surface area (Å²) in [5, 5.41) is 0. The smallest absolute Gasteiger partial charge is 0.410 e. The fourth-order valence-corrected chi connectivity index (χ4v) is 2.25. The molecule has 4 heteroatoms. The first-order valence-electron chi connectivity index (χ1n) is 5.81. The molecule has 2 aliphatic heterocycles. The van der Waals surface area contributed by atoms with Crippen molar-refractivity contribution >= 4 is 6.09 Å². The summed E-state index contributed by atoms with van der Waals surface area (Å²) in [5.41, 5.74) is 0.902. The number of hydrogen-bond acceptors (Lipinski definition) is 3. The Balaban J connectivity index is 1.51. The maximum atomic E-state index is 11.8. The van der Waals surface area contributed by atoms with Crippen molar-refractivity contribution in [2.24, 2.45) is 0 Å². The summed E-state index contributed by atoms with van der Waals surface area (Å²) in [4.78, 5) is 13.5. The normalized spacial score (nSPS) is 29.9. The van der Waals surface area contributed by atoms with E-state index in [-0.39, 0.29) is 17.8 Å². The average molecular weight is 233 g/mol. The highest BCUT2D eigenvalue weighted by atomic mass is 16.6. The van der Waals surface area contributed by atoms with E-state index in [1.54, 1.807) is 4.90 Å². The second-order valence-corrected chi connectivity index (χ2v) is 4.84. The van der Waals surface area contributed by atoms with E-state index in [1.807, 2.05) is 37.3 Å². The molecule has 2 heterocycles. The Bertz CT molecular complexity index is 434. The molecule has 1 aromatic rings. The zero-order valence-electron chi connectivity index (χ0n) is 9.76. The molecule has 0 saturated carbocycles. The van der Waals surface area contributed by atoms with Crippen molar-refractivity contribution in [2.75, 3.05) is 13.1 Å². The molecule has 4 nitrogen and oxygen atoms in total. The second kappa shape index (κ2) is 3.74. The summed E-state index contributed by atoms with van der Waals surface area (Å²) < 4.78 is 10.7. The topological polar surface area (TPSA) is 42.1 Å². The summed E-state index contributed by atoms with van der Waals surface area (Å²) in [6, 6.07) is 9.70. The first kappa shape index (κ1) is 10.6. The standard InChI is InChI=1S/C13H15NO3/c1-13-9-14(7-11(13)17-13)12(15)16-8-10-5-3-2-4-6-10/h2-6,11H,7-9H2,1H3/t11-,13+/m1/s1. The van der Waals surface area contributed by atoms with Crippen molar-refractivity contribution in [3.8, 4) is 0 Å². The number of carbonyl (C=O) groups excluding carboxylic acids is 1. The van der Waals surface area contributed by atoms with Gasteiger partial charge in [-0.3, -0.25) is 0 Å². The monoisotopic (exact) mass is 233 g/mol. The molecule has 2 atom stereocenters. The number of likely N-dealkylation sites (tertiary alicyclic amines) is 1. The largest absolute Gasteiger partial charge is 0.445 e. The minimum absolute atomic E-state index is 0.105. The van der Waals surface area contributed by atoms with Gasteiger partial charge >= 0.3 is 6.09 Å². The van der Waals surface area contributed by atoms with E-state index >= 15 is 0 Å². The van der Waals surface area contributed by atoms with Gasteiger partial charge in [0.1, 0.15) is 18.3 Å². The highest BCUT2D eigenvalue weighted by Crippen LogP contribution is 2.42. The predicted octanol–water partition coefficient (Wildman–Crippen LogP) is 1.80. The molecule has 0 bridgehead atoms. The highest BCUT2D eigenvalue weighted by Gasteiger charge is 2.60. The molecule has 1 aromatic carbocycles. The quantitative estimate of drug-likeness (QED) is 0.731. The molecule has 0 N–H and O–H groups in total. The van der Waals surface area contributed by atoms with Crippen LogP contribution in [0.25, 0.3) is 0 Å². The molecule has 0 radical (unpaired) electrons. The number of nitrogens with zero attached hydrogens (tertiary/aromatic N) is 1. The van der Waals surface area contributed by atoms with Crippen LogP contribution < -0.4 is 0 Å². The van der Waals surface area contributed by atoms with Crippen molar-refractivity contribution < 1.29 is 14.3 Å². The Morgan fingerprint density at radius 1 is 1.53 bits per heavy atom. The third-order valence-corrected chi connectivity index (χ3v) is 3.39. The Hall–Kier alpha value is -1.55. The molecule has 1 amide bonds. The van der Waals surface area contributed by atoms with Gasteiger partial charge < -0.3 is 14.4 Å². The number of carbonyl (C=O) groups is 1. The first-order chi connectivity index (χ1) is 8.17. The Morgan fingerprint density at radius 2 is 2.29 bits per heavy atom. The average Bonchev–Trinajstić information content (AvgIpc) is 2.86. The molecule has 90 valence electrons. The number of benzene rings is 1. The number of epoxide rings is 1. The molecule has 0 spiro atoms. The van der Waals surface area contributed by atoms with Crippen LogP contribution in [0.2, 0.25) is 0 Å². The van der Waals surface area contributed by atoms with Gasteiger partial charge in [0.05, 0.1) is 13.1 Å². The lowest BCUT2D eigenvalue weighted by atomic mass is 10.2. The predicted molar refractivity (Wildman–Crippen MR) is 61.5 cm³/mol. The van der Waals surface area contributed by atoms with Crippen molar-refractivity contribution in [1.29, 1.82) is 0 Å². The van der Waals surface area contributed by atoms with Gasteiger partial charge in [0.25, 0.3) is 0 Å². The van der Waals surface area contributed by atoms with Crippen LogP contribution in [0.5, 0.6) is 0 Å². The summed E-state index contributed by atoms with van der Waals surface area (Å²) in [6.45, 7) is 3.66. The summed E-state index contributed by atoms with van der Waals surface area (Å²) >= 11 is 0. The molecular formula is C13H15NO3. The number of fused-ring (bicyclic) bond motifs is 1. The van der Waals surface area contributed by atoms with E-state index in [0.29, 0.717) is 19.7 Å². The molecule has 0 unspecified atom stereocenters. The van der Waals surface area contributed by atoms with Gasteiger partial charge in [0, 0.05) is 0 Å². The lowest BCUT2D eigenvalue weighted by Crippen LogP contribution is -2.33. The lowest BCUT2D eigenvalue weighted by Gasteiger charge is -2.18. The molecule has 17 heavy (non-hydrogen) atoms. The zero-order chi connectivity index (χ0) is 11.9. The van der Waals surface area contributed by atoms with E-state index in [1.165, 1.54) is 0 Å². The van der Waals surface area contributed by atoms with Gasteiger partial charge in [-0.25, -0.2) is 4.79 Å². The second-order valence-electron chi connectivity index (χ2n) is 4.84. The number of morpholine rings is 1.